The minimum Gasteiger partial charge on any atom is -1.00 e. The van der Waals surface area contributed by atoms with Crippen molar-refractivity contribution in [3.05, 3.63) is 132 Å². The maximum Gasteiger partial charge on any atom is 0.260 e. The largest absolute Gasteiger partial charge is 1.00 e. The molecule has 5 aromatic rings. The average Bonchev–Trinajstić information content (AvgIpc) is 3.16. The van der Waals surface area contributed by atoms with Crippen molar-refractivity contribution in [1.29, 1.82) is 0 Å². The fourth-order valence-electron chi connectivity index (χ4n) is 6.16. The van der Waals surface area contributed by atoms with Gasteiger partial charge in [-0.1, -0.05) is 24.3 Å². The summed E-state index contributed by atoms with van der Waals surface area (Å²) < 4.78 is 4.10. The number of piperazine rings is 2. The van der Waals surface area contributed by atoms with Gasteiger partial charge in [0.1, 0.15) is 11.1 Å². The molecule has 258 valence electrons. The number of anilines is 2. The van der Waals surface area contributed by atoms with E-state index in [-0.39, 0.29) is 45.8 Å². The van der Waals surface area contributed by atoms with Crippen LogP contribution in [0.15, 0.2) is 110 Å². The van der Waals surface area contributed by atoms with Crippen LogP contribution in [-0.4, -0.2) is 93.9 Å². The zero-order chi connectivity index (χ0) is 32.7. The first-order valence-electron chi connectivity index (χ1n) is 16.3. The van der Waals surface area contributed by atoms with Crippen molar-refractivity contribution in [2.45, 2.75) is 13.1 Å². The molecule has 2 aliphatic heterocycles. The first kappa shape index (κ1) is 36.5. The van der Waals surface area contributed by atoms with E-state index in [1.54, 1.807) is 36.9 Å². The second-order valence-electron chi connectivity index (χ2n) is 12.0. The number of rotatable bonds is 8. The van der Waals surface area contributed by atoms with Gasteiger partial charge in [0.05, 0.1) is 0 Å². The van der Waals surface area contributed by atoms with Crippen LogP contribution in [0.25, 0.3) is 0 Å². The lowest BCUT2D eigenvalue weighted by atomic mass is 10.1. The maximum atomic E-state index is 13.3. The summed E-state index contributed by atoms with van der Waals surface area (Å²) in [5.74, 6) is 1.48. The van der Waals surface area contributed by atoms with E-state index < -0.39 is 0 Å². The third kappa shape index (κ3) is 8.85. The molecule has 0 atom stereocenters. The van der Waals surface area contributed by atoms with Crippen molar-refractivity contribution in [1.82, 2.24) is 29.7 Å². The molecule has 2 fully saturated rings. The molecule has 2 aliphatic rings. The molecule has 0 bridgehead atoms. The molecule has 7 rings (SSSR count). The lowest BCUT2D eigenvalue weighted by molar-refractivity contribution is -0.689. The second kappa shape index (κ2) is 17.2. The second-order valence-corrected chi connectivity index (χ2v) is 12.0. The van der Waals surface area contributed by atoms with Crippen LogP contribution in [0.5, 0.6) is 0 Å². The summed E-state index contributed by atoms with van der Waals surface area (Å²) in [4.78, 5) is 52.0. The number of hydrogen-bond acceptors (Lipinski definition) is 8. The first-order chi connectivity index (χ1) is 23.6. The van der Waals surface area contributed by atoms with Crippen LogP contribution < -0.4 is 52.9 Å². The number of hydrogen-bond donors (Lipinski definition) is 0. The van der Waals surface area contributed by atoms with Crippen LogP contribution >= 0.6 is 0 Å². The van der Waals surface area contributed by atoms with Gasteiger partial charge in [0.25, 0.3) is 11.8 Å². The van der Waals surface area contributed by atoms with E-state index in [1.165, 1.54) is 0 Å². The molecule has 0 radical (unpaired) electrons. The summed E-state index contributed by atoms with van der Waals surface area (Å²) in [6.07, 6.45) is 14.8. The Morgan fingerprint density at radius 2 is 0.880 bits per heavy atom. The Kier molecular flexibility index (Phi) is 12.6. The molecule has 6 heterocycles. The highest BCUT2D eigenvalue weighted by atomic mass is 79.9. The molecule has 14 heteroatoms. The van der Waals surface area contributed by atoms with Gasteiger partial charge in [-0.3, -0.25) is 9.59 Å². The minimum atomic E-state index is 0. The molecule has 0 saturated carbocycles. The molecular formula is C36H38Br2N10O2. The summed E-state index contributed by atoms with van der Waals surface area (Å²) >= 11 is 0. The highest BCUT2D eigenvalue weighted by Crippen LogP contribution is 2.14. The molecule has 0 unspecified atom stereocenters. The lowest BCUT2D eigenvalue weighted by Gasteiger charge is -2.34. The maximum absolute atomic E-state index is 13.3. The van der Waals surface area contributed by atoms with Crippen molar-refractivity contribution in [3.8, 4) is 0 Å². The Balaban J connectivity index is 0.00000243. The van der Waals surface area contributed by atoms with Gasteiger partial charge < -0.3 is 53.6 Å². The predicted molar refractivity (Wildman–Crippen MR) is 178 cm³/mol. The smallest absolute Gasteiger partial charge is 0.260 e. The van der Waals surface area contributed by atoms with Crippen molar-refractivity contribution < 1.29 is 52.7 Å². The highest BCUT2D eigenvalue weighted by molar-refractivity contribution is 5.94. The minimum absolute atomic E-state index is 0. The number of pyridine rings is 2. The number of nitrogens with zero attached hydrogens (tertiary/aromatic N) is 10. The molecule has 2 saturated heterocycles. The van der Waals surface area contributed by atoms with E-state index in [4.69, 9.17) is 0 Å². The number of amides is 2. The van der Waals surface area contributed by atoms with Crippen molar-refractivity contribution in [2.24, 2.45) is 0 Å². The van der Waals surface area contributed by atoms with Crippen LogP contribution in [0.3, 0.4) is 0 Å². The van der Waals surface area contributed by atoms with Crippen molar-refractivity contribution >= 4 is 23.7 Å². The zero-order valence-corrected chi connectivity index (χ0v) is 30.7. The summed E-state index contributed by atoms with van der Waals surface area (Å²) in [5.41, 5.74) is 3.63. The van der Waals surface area contributed by atoms with Gasteiger partial charge in [0.15, 0.2) is 37.9 Å². The summed E-state index contributed by atoms with van der Waals surface area (Å²) in [5, 5.41) is 0. The van der Waals surface area contributed by atoms with Gasteiger partial charge in [-0.15, -0.1) is 0 Å². The molecule has 2 amide bonds. The van der Waals surface area contributed by atoms with E-state index >= 15 is 0 Å². The van der Waals surface area contributed by atoms with Crippen molar-refractivity contribution in [2.75, 3.05) is 62.2 Å². The molecule has 50 heavy (non-hydrogen) atoms. The summed E-state index contributed by atoms with van der Waals surface area (Å²) in [7, 11) is 0. The third-order valence-corrected chi connectivity index (χ3v) is 8.77. The van der Waals surface area contributed by atoms with Gasteiger partial charge >= 0.3 is 0 Å². The molecule has 1 aromatic carbocycles. The average molecular weight is 803 g/mol. The summed E-state index contributed by atoms with van der Waals surface area (Å²) in [6.45, 7) is 6.64. The van der Waals surface area contributed by atoms with E-state index in [0.717, 1.165) is 11.1 Å². The number of carbonyl (C=O) groups is 2. The molecule has 0 spiro atoms. The van der Waals surface area contributed by atoms with E-state index in [1.807, 2.05) is 68.0 Å². The Labute approximate surface area is 312 Å². The normalized spacial score (nSPS) is 14.4. The molecule has 0 N–H and O–H groups in total. The lowest BCUT2D eigenvalue weighted by Crippen LogP contribution is -3.00. The SMILES string of the molecule is O=C(c1ccc[n+](Cc2ccc(C[n+]3cccc(C(=O)N4CCN(c5ncccn5)CC4)c3)cc2)c1)N1CCN(c2ncccn2)CC1.[Br-].[Br-]. The zero-order valence-electron chi connectivity index (χ0n) is 27.5. The van der Waals surface area contributed by atoms with Crippen LogP contribution in [0.1, 0.15) is 31.8 Å². The highest BCUT2D eigenvalue weighted by Gasteiger charge is 2.26. The molecule has 4 aromatic heterocycles. The molecule has 0 aliphatic carbocycles. The Morgan fingerprint density at radius 1 is 0.520 bits per heavy atom. The van der Waals surface area contributed by atoms with Crippen LogP contribution in [0, 0.1) is 0 Å². The Morgan fingerprint density at radius 3 is 1.24 bits per heavy atom. The Hall–Kier alpha value is -4.82. The number of benzene rings is 1. The van der Waals surface area contributed by atoms with Gasteiger partial charge in [0, 0.05) is 100 Å². The molecule has 12 nitrogen and oxygen atoms in total. The monoisotopic (exact) mass is 800 g/mol. The predicted octanol–water partition coefficient (Wildman–Crippen LogP) is -4.13. The summed E-state index contributed by atoms with van der Waals surface area (Å²) in [6, 6.07) is 19.7. The Bertz CT molecular complexity index is 1720. The van der Waals surface area contributed by atoms with Crippen LogP contribution in [-0.2, 0) is 13.1 Å². The fourth-order valence-corrected chi connectivity index (χ4v) is 6.16. The van der Waals surface area contributed by atoms with E-state index in [9.17, 15) is 9.59 Å². The van der Waals surface area contributed by atoms with E-state index in [2.05, 4.69) is 54.0 Å². The fraction of sp³-hybridized carbons (Fsp3) is 0.278. The standard InChI is InChI=1S/C36H38N10O2.2BrH/c47-33(43-17-21-45(22-18-43)35-37-11-3-12-38-35)31-5-1-15-41(27-31)25-29-7-9-30(10-8-29)26-42-16-2-6-32(28-42)34(48)44-19-23-46(24-20-44)36-39-13-4-14-40-36;;/h1-16,27-28H,17-26H2;2*1H/q+2;;/p-2. The number of carbonyl (C=O) groups excluding carboxylic acids is 2. The molecular weight excluding hydrogens is 764 g/mol. The first-order valence-corrected chi connectivity index (χ1v) is 16.3. The van der Waals surface area contributed by atoms with Gasteiger partial charge in [-0.2, -0.15) is 9.13 Å². The van der Waals surface area contributed by atoms with Gasteiger partial charge in [-0.05, 0) is 24.3 Å². The van der Waals surface area contributed by atoms with Gasteiger partial charge in [0.2, 0.25) is 11.9 Å². The van der Waals surface area contributed by atoms with E-state index in [0.29, 0.717) is 88.5 Å². The van der Waals surface area contributed by atoms with Crippen molar-refractivity contribution in [3.63, 3.8) is 0 Å². The third-order valence-electron chi connectivity index (χ3n) is 8.77. The van der Waals surface area contributed by atoms with Crippen LogP contribution in [0.2, 0.25) is 0 Å². The topological polar surface area (TPSA) is 106 Å². The number of halogens is 2. The quantitative estimate of drug-likeness (QED) is 0.146. The van der Waals surface area contributed by atoms with Crippen LogP contribution in [0.4, 0.5) is 11.9 Å². The van der Waals surface area contributed by atoms with Gasteiger partial charge in [-0.25, -0.2) is 19.9 Å². The number of aromatic nitrogens is 6.